The van der Waals surface area contributed by atoms with Gasteiger partial charge in [0, 0.05) is 30.4 Å². The van der Waals surface area contributed by atoms with Crippen LogP contribution in [0.15, 0.2) is 5.03 Å². The lowest BCUT2D eigenvalue weighted by atomic mass is 9.86. The van der Waals surface area contributed by atoms with E-state index in [9.17, 15) is 8.42 Å². The van der Waals surface area contributed by atoms with Crippen LogP contribution in [-0.2, 0) is 16.6 Å². The van der Waals surface area contributed by atoms with Crippen LogP contribution in [0.25, 0.3) is 0 Å². The van der Waals surface area contributed by atoms with Crippen molar-refractivity contribution in [3.8, 4) is 0 Å². The molecule has 2 rings (SSSR count). The number of nitrogens with zero attached hydrogens (tertiary/aromatic N) is 1. The Labute approximate surface area is 120 Å². The molecular formula is C13H24N4O2S. The maximum absolute atomic E-state index is 12.3. The fraction of sp³-hybridized carbons (Fsp3) is 0.769. The molecule has 0 amide bonds. The Hall–Kier alpha value is -0.920. The number of H-pyrrole nitrogens is 1. The van der Waals surface area contributed by atoms with E-state index in [1.54, 1.807) is 0 Å². The highest BCUT2D eigenvalue weighted by atomic mass is 32.2. The Kier molecular flexibility index (Phi) is 4.82. The van der Waals surface area contributed by atoms with Gasteiger partial charge in [-0.25, -0.2) is 13.1 Å². The molecule has 6 nitrogen and oxygen atoms in total. The first-order valence-corrected chi connectivity index (χ1v) is 8.65. The summed E-state index contributed by atoms with van der Waals surface area (Å²) in [6.45, 7) is 6.91. The van der Waals surface area contributed by atoms with Crippen LogP contribution in [0.5, 0.6) is 0 Å². The number of hydrogen-bond acceptors (Lipinski definition) is 4. The summed E-state index contributed by atoms with van der Waals surface area (Å²) in [7, 11) is -3.52. The van der Waals surface area contributed by atoms with E-state index in [1.165, 1.54) is 6.42 Å². The number of sulfonamides is 1. The van der Waals surface area contributed by atoms with Gasteiger partial charge in [-0.2, -0.15) is 5.10 Å². The summed E-state index contributed by atoms with van der Waals surface area (Å²) < 4.78 is 27.3. The maximum atomic E-state index is 12.3. The predicted octanol–water partition coefficient (Wildman–Crippen LogP) is 1.29. The topological polar surface area (TPSA) is 86.9 Å². The number of aromatic nitrogens is 2. The number of aromatic amines is 1. The SMILES string of the molecule is Cc1[nH]nc(S(=O)(=O)NCC2CCC2)c1CNC(C)C. The first kappa shape index (κ1) is 15.5. The highest BCUT2D eigenvalue weighted by Crippen LogP contribution is 2.26. The van der Waals surface area contributed by atoms with Crippen molar-refractivity contribution in [1.29, 1.82) is 0 Å². The molecule has 0 spiro atoms. The summed E-state index contributed by atoms with van der Waals surface area (Å²) in [6.07, 6.45) is 3.44. The van der Waals surface area contributed by atoms with Crippen molar-refractivity contribution in [3.05, 3.63) is 11.3 Å². The lowest BCUT2D eigenvalue weighted by Gasteiger charge is -2.25. The number of rotatable bonds is 7. The third-order valence-corrected chi connectivity index (χ3v) is 5.16. The second-order valence-electron chi connectivity index (χ2n) is 5.82. The third kappa shape index (κ3) is 3.59. The van der Waals surface area contributed by atoms with E-state index in [-0.39, 0.29) is 5.03 Å². The smallest absolute Gasteiger partial charge is 0.260 e. The zero-order valence-corrected chi connectivity index (χ0v) is 13.2. The van der Waals surface area contributed by atoms with Gasteiger partial charge in [-0.15, -0.1) is 0 Å². The molecule has 0 radical (unpaired) electrons. The Morgan fingerprint density at radius 1 is 1.40 bits per heavy atom. The highest BCUT2D eigenvalue weighted by Gasteiger charge is 2.26. The second kappa shape index (κ2) is 6.24. The zero-order valence-electron chi connectivity index (χ0n) is 12.4. The number of aryl methyl sites for hydroxylation is 1. The van der Waals surface area contributed by atoms with Crippen LogP contribution >= 0.6 is 0 Å². The molecule has 20 heavy (non-hydrogen) atoms. The number of hydrogen-bond donors (Lipinski definition) is 3. The average molecular weight is 300 g/mol. The summed E-state index contributed by atoms with van der Waals surface area (Å²) in [5.74, 6) is 0.488. The van der Waals surface area contributed by atoms with Gasteiger partial charge in [-0.05, 0) is 25.7 Å². The average Bonchev–Trinajstić information content (AvgIpc) is 2.66. The van der Waals surface area contributed by atoms with Gasteiger partial charge in [0.1, 0.15) is 0 Å². The lowest BCUT2D eigenvalue weighted by Crippen LogP contribution is -2.33. The maximum Gasteiger partial charge on any atom is 0.260 e. The molecule has 1 aliphatic rings. The standard InChI is InChI=1S/C13H24N4O2S/c1-9(2)14-8-12-10(3)16-17-13(12)20(18,19)15-7-11-5-4-6-11/h9,11,14-15H,4-8H2,1-3H3,(H,16,17). The van der Waals surface area contributed by atoms with Crippen molar-refractivity contribution >= 4 is 10.0 Å². The molecule has 0 saturated heterocycles. The van der Waals surface area contributed by atoms with Gasteiger partial charge in [0.15, 0.2) is 5.03 Å². The normalized spacial score (nSPS) is 16.6. The van der Waals surface area contributed by atoms with E-state index in [4.69, 9.17) is 0 Å². The van der Waals surface area contributed by atoms with E-state index >= 15 is 0 Å². The van der Waals surface area contributed by atoms with Crippen LogP contribution < -0.4 is 10.0 Å². The molecular weight excluding hydrogens is 276 g/mol. The van der Waals surface area contributed by atoms with Gasteiger partial charge in [-0.3, -0.25) is 5.10 Å². The van der Waals surface area contributed by atoms with Gasteiger partial charge in [0.05, 0.1) is 0 Å². The minimum absolute atomic E-state index is 0.127. The van der Waals surface area contributed by atoms with Crippen LogP contribution in [0.4, 0.5) is 0 Å². The Balaban J connectivity index is 2.09. The number of nitrogens with one attached hydrogen (secondary N) is 3. The molecule has 1 aromatic heterocycles. The lowest BCUT2D eigenvalue weighted by molar-refractivity contribution is 0.316. The third-order valence-electron chi connectivity index (χ3n) is 3.76. The monoisotopic (exact) mass is 300 g/mol. The summed E-state index contributed by atoms with van der Waals surface area (Å²) in [4.78, 5) is 0. The molecule has 114 valence electrons. The van der Waals surface area contributed by atoms with Crippen LogP contribution in [0, 0.1) is 12.8 Å². The molecule has 7 heteroatoms. The first-order valence-electron chi connectivity index (χ1n) is 7.17. The molecule has 0 aromatic carbocycles. The first-order chi connectivity index (χ1) is 9.40. The molecule has 1 saturated carbocycles. The van der Waals surface area contributed by atoms with Crippen molar-refractivity contribution in [2.75, 3.05) is 6.54 Å². The molecule has 1 aliphatic carbocycles. The molecule has 1 fully saturated rings. The van der Waals surface area contributed by atoms with Gasteiger partial charge in [0.25, 0.3) is 10.0 Å². The zero-order chi connectivity index (χ0) is 14.8. The molecule has 1 aromatic rings. The van der Waals surface area contributed by atoms with Crippen LogP contribution in [0.1, 0.15) is 44.4 Å². The fourth-order valence-corrected chi connectivity index (χ4v) is 3.47. The van der Waals surface area contributed by atoms with E-state index in [0.717, 1.165) is 24.1 Å². The molecule has 3 N–H and O–H groups in total. The van der Waals surface area contributed by atoms with Crippen LogP contribution in [0.3, 0.4) is 0 Å². The molecule has 0 aliphatic heterocycles. The molecule has 0 unspecified atom stereocenters. The minimum atomic E-state index is -3.52. The largest absolute Gasteiger partial charge is 0.310 e. The van der Waals surface area contributed by atoms with E-state index in [2.05, 4.69) is 20.2 Å². The fourth-order valence-electron chi connectivity index (χ4n) is 2.16. The van der Waals surface area contributed by atoms with Crippen molar-refractivity contribution in [2.24, 2.45) is 5.92 Å². The van der Waals surface area contributed by atoms with E-state index in [1.807, 2.05) is 20.8 Å². The molecule has 1 heterocycles. The second-order valence-corrected chi connectivity index (χ2v) is 7.50. The van der Waals surface area contributed by atoms with Gasteiger partial charge in [0.2, 0.25) is 0 Å². The highest BCUT2D eigenvalue weighted by molar-refractivity contribution is 7.89. The molecule has 0 atom stereocenters. The molecule has 0 bridgehead atoms. The quantitative estimate of drug-likeness (QED) is 0.708. The van der Waals surface area contributed by atoms with E-state index in [0.29, 0.717) is 25.0 Å². The van der Waals surface area contributed by atoms with Crippen molar-refractivity contribution in [3.63, 3.8) is 0 Å². The Morgan fingerprint density at radius 3 is 2.65 bits per heavy atom. The Morgan fingerprint density at radius 2 is 2.10 bits per heavy atom. The van der Waals surface area contributed by atoms with Gasteiger partial charge >= 0.3 is 0 Å². The van der Waals surface area contributed by atoms with Crippen molar-refractivity contribution in [1.82, 2.24) is 20.2 Å². The minimum Gasteiger partial charge on any atom is -0.310 e. The van der Waals surface area contributed by atoms with Gasteiger partial charge in [-0.1, -0.05) is 20.3 Å². The summed E-state index contributed by atoms with van der Waals surface area (Å²) in [6, 6.07) is 0.294. The van der Waals surface area contributed by atoms with Crippen LogP contribution in [-0.4, -0.2) is 31.2 Å². The van der Waals surface area contributed by atoms with E-state index < -0.39 is 10.0 Å². The summed E-state index contributed by atoms with van der Waals surface area (Å²) in [5, 5.41) is 10.1. The van der Waals surface area contributed by atoms with Crippen LogP contribution in [0.2, 0.25) is 0 Å². The van der Waals surface area contributed by atoms with Crippen molar-refractivity contribution < 1.29 is 8.42 Å². The Bertz CT molecular complexity index is 547. The summed E-state index contributed by atoms with van der Waals surface area (Å²) >= 11 is 0. The van der Waals surface area contributed by atoms with Crippen molar-refractivity contribution in [2.45, 2.75) is 57.6 Å². The predicted molar refractivity (Wildman–Crippen MR) is 77.8 cm³/mol. The van der Waals surface area contributed by atoms with Gasteiger partial charge < -0.3 is 5.32 Å². The summed E-state index contributed by atoms with van der Waals surface area (Å²) in [5.41, 5.74) is 1.52.